The molecule has 0 unspecified atom stereocenters. The molecule has 0 aliphatic carbocycles. The molecule has 4 aliphatic heterocycles. The molecule has 2 aromatic heterocycles. The van der Waals surface area contributed by atoms with Crippen molar-refractivity contribution in [2.75, 3.05) is 14.7 Å². The maximum atomic E-state index is 7.22. The van der Waals surface area contributed by atoms with E-state index in [0.717, 1.165) is 129 Å². The smallest absolute Gasteiger partial charge is 0.256 e. The number of rotatable bonds is 4. The largest absolute Gasteiger partial charge is 0.458 e. The van der Waals surface area contributed by atoms with Crippen LogP contribution in [0.5, 0.6) is 11.5 Å². The van der Waals surface area contributed by atoms with Crippen LogP contribution in [-0.4, -0.2) is 13.4 Å². The van der Waals surface area contributed by atoms with Gasteiger partial charge in [0.2, 0.25) is 0 Å². The fourth-order valence-electron chi connectivity index (χ4n) is 13.1. The van der Waals surface area contributed by atoms with Gasteiger partial charge in [-0.1, -0.05) is 164 Å². The van der Waals surface area contributed by atoms with Crippen LogP contribution in [0.1, 0.15) is 0 Å². The van der Waals surface area contributed by atoms with Gasteiger partial charge in [0, 0.05) is 68.3 Å². The maximum Gasteiger partial charge on any atom is 0.256 e. The van der Waals surface area contributed by atoms with Crippen molar-refractivity contribution >= 4 is 141 Å². The third-order valence-electron chi connectivity index (χ3n) is 16.0. The van der Waals surface area contributed by atoms with Gasteiger partial charge in [0.25, 0.3) is 13.4 Å². The lowest BCUT2D eigenvalue weighted by atomic mass is 9.30. The summed E-state index contributed by atoms with van der Waals surface area (Å²) in [5.74, 6) is 1.70. The highest BCUT2D eigenvalue weighted by Gasteiger charge is 2.49. The van der Waals surface area contributed by atoms with E-state index in [9.17, 15) is 0 Å². The van der Waals surface area contributed by atoms with Crippen molar-refractivity contribution in [3.63, 3.8) is 0 Å². The molecule has 11 aromatic carbocycles. The van der Waals surface area contributed by atoms with Crippen LogP contribution in [0.2, 0.25) is 0 Å². The molecule has 6 heterocycles. The number of hydrogen-bond donors (Lipinski definition) is 0. The lowest BCUT2D eigenvalue weighted by Crippen LogP contribution is -2.64. The Morgan fingerprint density at radius 1 is 0.324 bits per heavy atom. The number of hydrogen-bond acceptors (Lipinski definition) is 6. The Kier molecular flexibility index (Phi) is 8.08. The predicted molar refractivity (Wildman–Crippen MR) is 306 cm³/mol. The zero-order chi connectivity index (χ0) is 48.2. The van der Waals surface area contributed by atoms with Crippen molar-refractivity contribution < 1.29 is 13.6 Å². The van der Waals surface area contributed by atoms with Crippen LogP contribution in [0.15, 0.2) is 245 Å². The second kappa shape index (κ2) is 14.9. The predicted octanol–water partition coefficient (Wildman–Crippen LogP) is 13.6. The van der Waals surface area contributed by atoms with E-state index in [0.29, 0.717) is 0 Å². The molecule has 0 spiro atoms. The average molecular weight is 944 g/mol. The van der Waals surface area contributed by atoms with Gasteiger partial charge in [0.05, 0.1) is 22.1 Å². The number of anilines is 9. The van der Waals surface area contributed by atoms with E-state index < -0.39 is 0 Å². The fraction of sp³-hybridized carbons (Fsp3) is 0. The molecule has 0 radical (unpaired) electrons. The van der Waals surface area contributed by atoms with E-state index in [1.165, 1.54) is 21.9 Å². The van der Waals surface area contributed by atoms with Crippen LogP contribution in [0, 0.1) is 0 Å². The highest BCUT2D eigenvalue weighted by molar-refractivity contribution is 7.03. The summed E-state index contributed by atoms with van der Waals surface area (Å²) in [6.45, 7) is -0.342. The third kappa shape index (κ3) is 5.35. The summed E-state index contributed by atoms with van der Waals surface area (Å²) in [5.41, 5.74) is 22.6. The van der Waals surface area contributed by atoms with Gasteiger partial charge in [-0.2, -0.15) is 0 Å². The Morgan fingerprint density at radius 2 is 0.851 bits per heavy atom. The van der Waals surface area contributed by atoms with Gasteiger partial charge in [0.1, 0.15) is 33.8 Å². The molecule has 74 heavy (non-hydrogen) atoms. The van der Waals surface area contributed by atoms with E-state index in [1.54, 1.807) is 0 Å². The summed E-state index contributed by atoms with van der Waals surface area (Å²) in [6.07, 6.45) is 0. The molecule has 13 aromatic rings. The minimum absolute atomic E-state index is 0.170. The van der Waals surface area contributed by atoms with Gasteiger partial charge in [-0.3, -0.25) is 0 Å². The van der Waals surface area contributed by atoms with Crippen molar-refractivity contribution in [1.82, 2.24) is 0 Å². The maximum absolute atomic E-state index is 7.22. The van der Waals surface area contributed by atoms with E-state index >= 15 is 0 Å². The SMILES string of the molecule is c1ccc(-c2ccccc2N2c3cc4c(cc3B3c5ccccc5N(c5ccccc5)c5c3c2cc2oc3ccccc3c52)B2c3ccccc3Oc3c2c(cc2oc5ccccc5c32)N4c2ccccc2)cc1. The van der Waals surface area contributed by atoms with E-state index in [-0.39, 0.29) is 13.4 Å². The molecule has 0 saturated carbocycles. The number of fused-ring (bicyclic) bond motifs is 16. The lowest BCUT2D eigenvalue weighted by molar-refractivity contribution is 0.493. The number of nitrogens with zero attached hydrogens (tertiary/aromatic N) is 3. The monoisotopic (exact) mass is 943 g/mol. The molecular weight excluding hydrogens is 904 g/mol. The molecule has 17 rings (SSSR count). The first-order valence-corrected chi connectivity index (χ1v) is 25.4. The van der Waals surface area contributed by atoms with Gasteiger partial charge >= 0.3 is 0 Å². The lowest BCUT2D eigenvalue weighted by Gasteiger charge is -2.46. The first kappa shape index (κ1) is 40.0. The number of para-hydroxylation sites is 7. The first-order chi connectivity index (χ1) is 36.7. The average Bonchev–Trinajstić information content (AvgIpc) is 4.09. The van der Waals surface area contributed by atoms with Crippen molar-refractivity contribution in [2.24, 2.45) is 0 Å². The van der Waals surface area contributed by atoms with Crippen molar-refractivity contribution in [1.29, 1.82) is 0 Å². The number of benzene rings is 11. The van der Waals surface area contributed by atoms with Crippen LogP contribution in [-0.2, 0) is 0 Å². The normalized spacial score (nSPS) is 13.6. The van der Waals surface area contributed by atoms with Crippen molar-refractivity contribution in [3.8, 4) is 22.6 Å². The molecule has 8 heteroatoms. The summed E-state index contributed by atoms with van der Waals surface area (Å²) in [6, 6.07) is 85.5. The Labute approximate surface area is 426 Å². The van der Waals surface area contributed by atoms with Crippen molar-refractivity contribution in [3.05, 3.63) is 237 Å². The standard InChI is InChI=1S/C66H39B2N3O3/c1-4-20-40(21-5-1)43-26-10-15-31-50(43)71-53-37-52-48(68-47-30-14-19-35-58(47)74-66-62-45-28-12-18-34-57(45)73-60(62)39-55(64(66)68)69(52)41-22-6-2-7-23-41)36-49(53)67-46-29-13-16-32-51(46)70(42-24-8-3-9-25-42)65-61-44-27-11-17-33-56(44)72-59(61)38-54(71)63(65)67/h1-39H. The van der Waals surface area contributed by atoms with E-state index in [2.05, 4.69) is 245 Å². The molecule has 0 saturated heterocycles. The minimum Gasteiger partial charge on any atom is -0.458 e. The molecule has 6 nitrogen and oxygen atoms in total. The Bertz CT molecular complexity index is 4520. The van der Waals surface area contributed by atoms with Gasteiger partial charge in [-0.15, -0.1) is 0 Å². The first-order valence-electron chi connectivity index (χ1n) is 25.4. The highest BCUT2D eigenvalue weighted by Crippen LogP contribution is 2.53. The second-order valence-electron chi connectivity index (χ2n) is 19.8. The molecule has 0 fully saturated rings. The molecule has 4 aliphatic rings. The van der Waals surface area contributed by atoms with Crippen LogP contribution < -0.4 is 52.2 Å². The number of furan rings is 2. The molecule has 0 N–H and O–H groups in total. The van der Waals surface area contributed by atoms with Gasteiger partial charge < -0.3 is 28.3 Å². The van der Waals surface area contributed by atoms with E-state index in [4.69, 9.17) is 13.6 Å². The van der Waals surface area contributed by atoms with Crippen LogP contribution >= 0.6 is 0 Å². The van der Waals surface area contributed by atoms with Crippen LogP contribution in [0.4, 0.5) is 51.2 Å². The molecule has 342 valence electrons. The van der Waals surface area contributed by atoms with Gasteiger partial charge in [-0.25, -0.2) is 0 Å². The third-order valence-corrected chi connectivity index (χ3v) is 16.0. The Morgan fingerprint density at radius 3 is 1.58 bits per heavy atom. The second-order valence-corrected chi connectivity index (χ2v) is 19.8. The minimum atomic E-state index is -0.172. The summed E-state index contributed by atoms with van der Waals surface area (Å²) in [4.78, 5) is 7.49. The molecule has 0 atom stereocenters. The summed E-state index contributed by atoms with van der Waals surface area (Å²) >= 11 is 0. The van der Waals surface area contributed by atoms with Crippen molar-refractivity contribution in [2.45, 2.75) is 0 Å². The van der Waals surface area contributed by atoms with Gasteiger partial charge in [0.15, 0.2) is 0 Å². The molecular formula is C66H39B2N3O3. The van der Waals surface area contributed by atoms with Crippen LogP contribution in [0.25, 0.3) is 55.0 Å². The molecule has 0 bridgehead atoms. The quantitative estimate of drug-likeness (QED) is 0.164. The number of ether oxygens (including phenoxy) is 1. The highest BCUT2D eigenvalue weighted by atomic mass is 16.5. The Balaban J connectivity index is 1.05. The molecule has 0 amide bonds. The summed E-state index contributed by atoms with van der Waals surface area (Å²) in [5, 5.41) is 4.22. The summed E-state index contributed by atoms with van der Waals surface area (Å²) < 4.78 is 21.0. The fourth-order valence-corrected chi connectivity index (χ4v) is 13.1. The topological polar surface area (TPSA) is 45.2 Å². The summed E-state index contributed by atoms with van der Waals surface area (Å²) in [7, 11) is 0. The van der Waals surface area contributed by atoms with E-state index in [1.807, 2.05) is 6.07 Å². The van der Waals surface area contributed by atoms with Gasteiger partial charge in [-0.05, 0) is 99.0 Å². The Hall–Kier alpha value is -9.65. The zero-order valence-corrected chi connectivity index (χ0v) is 39.7. The van der Waals surface area contributed by atoms with Crippen LogP contribution in [0.3, 0.4) is 0 Å². The zero-order valence-electron chi connectivity index (χ0n) is 39.7.